The maximum atomic E-state index is 13.2. The lowest BCUT2D eigenvalue weighted by Crippen LogP contribution is -2.39. The molecule has 1 heterocycles. The van der Waals surface area contributed by atoms with Gasteiger partial charge in [0, 0.05) is 11.4 Å². The molecule has 0 aliphatic carbocycles. The van der Waals surface area contributed by atoms with Gasteiger partial charge in [-0.1, -0.05) is 29.8 Å². The number of carbonyl (C=O) groups excluding carboxylic acids is 3. The monoisotopic (exact) mass is 375 g/mol. The van der Waals surface area contributed by atoms with Gasteiger partial charge in [0.2, 0.25) is 5.91 Å². The summed E-state index contributed by atoms with van der Waals surface area (Å²) in [5.41, 5.74) is 0.847. The summed E-state index contributed by atoms with van der Waals surface area (Å²) in [6.07, 6.45) is 0. The highest BCUT2D eigenvalue weighted by Crippen LogP contribution is 2.25. The molecule has 26 heavy (non-hydrogen) atoms. The second-order valence-corrected chi connectivity index (χ2v) is 6.17. The summed E-state index contributed by atoms with van der Waals surface area (Å²) >= 11 is 5.67. The fourth-order valence-corrected chi connectivity index (χ4v) is 2.89. The van der Waals surface area contributed by atoms with E-state index in [4.69, 9.17) is 11.6 Å². The fraction of sp³-hybridized carbons (Fsp3) is 0.167. The molecule has 1 unspecified atom stereocenters. The number of carbonyl (C=O) groups is 3. The van der Waals surface area contributed by atoms with Gasteiger partial charge in [-0.15, -0.1) is 0 Å². The van der Waals surface area contributed by atoms with Gasteiger partial charge in [0.1, 0.15) is 18.4 Å². The van der Waals surface area contributed by atoms with Crippen LogP contribution < -0.4 is 10.2 Å². The van der Waals surface area contributed by atoms with E-state index in [9.17, 15) is 18.8 Å². The van der Waals surface area contributed by atoms with Crippen LogP contribution in [0.25, 0.3) is 0 Å². The second kappa shape index (κ2) is 7.13. The predicted octanol–water partition coefficient (Wildman–Crippen LogP) is 3.27. The van der Waals surface area contributed by atoms with E-state index in [0.29, 0.717) is 5.69 Å². The number of nitrogens with one attached hydrogen (secondary N) is 1. The Morgan fingerprint density at radius 2 is 1.88 bits per heavy atom. The standard InChI is InChI=1S/C18H15ClFN3O3/c1-11-17(25)22(18(26)23(11)13-5-3-2-4-6-13)10-16(24)21-12-7-8-15(20)14(19)9-12/h2-9,11H,10H2,1H3,(H,21,24). The topological polar surface area (TPSA) is 69.7 Å². The molecule has 1 N–H and O–H groups in total. The normalized spacial score (nSPS) is 17.0. The number of amides is 4. The molecule has 1 aliphatic heterocycles. The van der Waals surface area contributed by atoms with Crippen molar-refractivity contribution in [2.75, 3.05) is 16.8 Å². The highest BCUT2D eigenvalue weighted by Gasteiger charge is 2.43. The van der Waals surface area contributed by atoms with E-state index in [1.54, 1.807) is 37.3 Å². The zero-order valence-electron chi connectivity index (χ0n) is 13.8. The maximum absolute atomic E-state index is 13.2. The third kappa shape index (κ3) is 3.39. The molecule has 6 nitrogen and oxygen atoms in total. The van der Waals surface area contributed by atoms with E-state index >= 15 is 0 Å². The van der Waals surface area contributed by atoms with Gasteiger partial charge in [0.15, 0.2) is 0 Å². The van der Waals surface area contributed by atoms with Crippen LogP contribution in [-0.4, -0.2) is 35.3 Å². The summed E-state index contributed by atoms with van der Waals surface area (Å²) in [6.45, 7) is 1.16. The first kappa shape index (κ1) is 17.9. The second-order valence-electron chi connectivity index (χ2n) is 5.77. The lowest BCUT2D eigenvalue weighted by atomic mass is 10.2. The number of imide groups is 1. The Balaban J connectivity index is 1.73. The van der Waals surface area contributed by atoms with Crippen LogP contribution in [0.15, 0.2) is 48.5 Å². The van der Waals surface area contributed by atoms with E-state index in [2.05, 4.69) is 5.32 Å². The number of nitrogens with zero attached hydrogens (tertiary/aromatic N) is 2. The van der Waals surface area contributed by atoms with Crippen molar-refractivity contribution in [3.8, 4) is 0 Å². The molecule has 0 spiro atoms. The number of para-hydroxylation sites is 1. The van der Waals surface area contributed by atoms with Gasteiger partial charge in [0.25, 0.3) is 5.91 Å². The lowest BCUT2D eigenvalue weighted by molar-refractivity contribution is -0.130. The Hall–Kier alpha value is -2.93. The van der Waals surface area contributed by atoms with E-state index in [1.807, 2.05) is 0 Å². The van der Waals surface area contributed by atoms with Crippen LogP contribution >= 0.6 is 11.6 Å². The number of benzene rings is 2. The minimum atomic E-state index is -0.710. The highest BCUT2D eigenvalue weighted by molar-refractivity contribution is 6.31. The van der Waals surface area contributed by atoms with Crippen molar-refractivity contribution < 1.29 is 18.8 Å². The summed E-state index contributed by atoms with van der Waals surface area (Å²) in [5.74, 6) is -1.66. The number of hydrogen-bond donors (Lipinski definition) is 1. The Bertz CT molecular complexity index is 875. The molecule has 0 saturated carbocycles. The number of anilines is 2. The average molecular weight is 376 g/mol. The zero-order valence-corrected chi connectivity index (χ0v) is 14.5. The molecule has 2 aromatic rings. The Morgan fingerprint density at radius 3 is 2.54 bits per heavy atom. The van der Waals surface area contributed by atoms with Crippen LogP contribution in [0.4, 0.5) is 20.6 Å². The van der Waals surface area contributed by atoms with Crippen LogP contribution in [0, 0.1) is 5.82 Å². The molecule has 4 amide bonds. The molecule has 2 aromatic carbocycles. The lowest BCUT2D eigenvalue weighted by Gasteiger charge is -2.19. The molecule has 1 saturated heterocycles. The molecule has 0 bridgehead atoms. The molecule has 0 radical (unpaired) electrons. The largest absolute Gasteiger partial charge is 0.332 e. The minimum absolute atomic E-state index is 0.139. The summed E-state index contributed by atoms with van der Waals surface area (Å²) in [5, 5.41) is 2.35. The van der Waals surface area contributed by atoms with Crippen LogP contribution in [0.1, 0.15) is 6.92 Å². The first-order valence-electron chi connectivity index (χ1n) is 7.83. The van der Waals surface area contributed by atoms with Gasteiger partial charge in [-0.25, -0.2) is 9.18 Å². The maximum Gasteiger partial charge on any atom is 0.332 e. The summed E-state index contributed by atoms with van der Waals surface area (Å²) in [7, 11) is 0. The van der Waals surface area contributed by atoms with Crippen molar-refractivity contribution in [1.82, 2.24) is 4.90 Å². The van der Waals surface area contributed by atoms with Crippen molar-refractivity contribution >= 4 is 40.8 Å². The first-order valence-corrected chi connectivity index (χ1v) is 8.21. The van der Waals surface area contributed by atoms with Crippen molar-refractivity contribution in [3.05, 3.63) is 59.4 Å². The fourth-order valence-electron chi connectivity index (χ4n) is 2.71. The third-order valence-corrected chi connectivity index (χ3v) is 4.28. The zero-order chi connectivity index (χ0) is 18.8. The van der Waals surface area contributed by atoms with Gasteiger partial charge >= 0.3 is 6.03 Å². The Labute approximate surface area is 154 Å². The smallest absolute Gasteiger partial charge is 0.324 e. The van der Waals surface area contributed by atoms with E-state index < -0.39 is 36.2 Å². The number of rotatable bonds is 4. The molecule has 1 atom stereocenters. The summed E-state index contributed by atoms with van der Waals surface area (Å²) < 4.78 is 13.2. The quantitative estimate of drug-likeness (QED) is 0.834. The van der Waals surface area contributed by atoms with Crippen molar-refractivity contribution in [2.24, 2.45) is 0 Å². The summed E-state index contributed by atoms with van der Waals surface area (Å²) in [6, 6.07) is 11.2. The van der Waals surface area contributed by atoms with Gasteiger partial charge in [-0.05, 0) is 37.3 Å². The Morgan fingerprint density at radius 1 is 1.19 bits per heavy atom. The van der Waals surface area contributed by atoms with Gasteiger partial charge < -0.3 is 5.32 Å². The van der Waals surface area contributed by atoms with E-state index in [1.165, 1.54) is 17.0 Å². The third-order valence-electron chi connectivity index (χ3n) is 3.99. The molecule has 1 aliphatic rings. The van der Waals surface area contributed by atoms with Gasteiger partial charge in [0.05, 0.1) is 5.02 Å². The van der Waals surface area contributed by atoms with Crippen LogP contribution in [-0.2, 0) is 9.59 Å². The van der Waals surface area contributed by atoms with E-state index in [-0.39, 0.29) is 10.7 Å². The molecule has 134 valence electrons. The highest BCUT2D eigenvalue weighted by atomic mass is 35.5. The SMILES string of the molecule is CC1C(=O)N(CC(=O)Nc2ccc(F)c(Cl)c2)C(=O)N1c1ccccc1. The van der Waals surface area contributed by atoms with Crippen molar-refractivity contribution in [2.45, 2.75) is 13.0 Å². The van der Waals surface area contributed by atoms with Crippen LogP contribution in [0.2, 0.25) is 5.02 Å². The number of halogens is 2. The van der Waals surface area contributed by atoms with Crippen LogP contribution in [0.5, 0.6) is 0 Å². The molecule has 0 aromatic heterocycles. The van der Waals surface area contributed by atoms with Crippen molar-refractivity contribution in [1.29, 1.82) is 0 Å². The van der Waals surface area contributed by atoms with E-state index in [0.717, 1.165) is 11.0 Å². The molecular formula is C18H15ClFN3O3. The number of hydrogen-bond acceptors (Lipinski definition) is 3. The minimum Gasteiger partial charge on any atom is -0.324 e. The molecule has 1 fully saturated rings. The molecule has 3 rings (SSSR count). The number of urea groups is 1. The van der Waals surface area contributed by atoms with Gasteiger partial charge in [-0.2, -0.15) is 0 Å². The predicted molar refractivity (Wildman–Crippen MR) is 95.5 cm³/mol. The van der Waals surface area contributed by atoms with Gasteiger partial charge in [-0.3, -0.25) is 19.4 Å². The van der Waals surface area contributed by atoms with Crippen molar-refractivity contribution in [3.63, 3.8) is 0 Å². The van der Waals surface area contributed by atoms with Crippen LogP contribution in [0.3, 0.4) is 0 Å². The molecule has 8 heteroatoms. The summed E-state index contributed by atoms with van der Waals surface area (Å²) in [4.78, 5) is 39.4. The average Bonchev–Trinajstić information content (AvgIpc) is 2.82. The molecular weight excluding hydrogens is 361 g/mol. The Kier molecular flexibility index (Phi) is 4.90. The first-order chi connectivity index (χ1) is 12.4.